The van der Waals surface area contributed by atoms with Gasteiger partial charge < -0.3 is 15.3 Å². The molecule has 5 nitrogen and oxygen atoms in total. The fourth-order valence-electron chi connectivity index (χ4n) is 2.77. The second-order valence-electron chi connectivity index (χ2n) is 6.64. The summed E-state index contributed by atoms with van der Waals surface area (Å²) < 4.78 is 0. The molecule has 1 aliphatic heterocycles. The first kappa shape index (κ1) is 17.8. The van der Waals surface area contributed by atoms with Gasteiger partial charge in [-0.15, -0.1) is 0 Å². The fourth-order valence-corrected chi connectivity index (χ4v) is 2.77. The smallest absolute Gasteiger partial charge is 0.237 e. The highest BCUT2D eigenvalue weighted by Crippen LogP contribution is 2.23. The van der Waals surface area contributed by atoms with Crippen LogP contribution in [0.25, 0.3) is 0 Å². The van der Waals surface area contributed by atoms with Crippen LogP contribution in [0.3, 0.4) is 0 Å². The molecule has 0 spiro atoms. The van der Waals surface area contributed by atoms with Gasteiger partial charge in [0.05, 0.1) is 6.04 Å². The lowest BCUT2D eigenvalue weighted by Crippen LogP contribution is -2.41. The van der Waals surface area contributed by atoms with Crippen molar-refractivity contribution in [3.8, 4) is 0 Å². The zero-order valence-corrected chi connectivity index (χ0v) is 14.5. The summed E-state index contributed by atoms with van der Waals surface area (Å²) in [7, 11) is 3.80. The lowest BCUT2D eigenvalue weighted by atomic mass is 9.97. The highest BCUT2D eigenvalue weighted by atomic mass is 16.3. The molecule has 0 unspecified atom stereocenters. The van der Waals surface area contributed by atoms with E-state index in [2.05, 4.69) is 34.5 Å². The van der Waals surface area contributed by atoms with E-state index in [9.17, 15) is 9.90 Å². The molecule has 0 radical (unpaired) electrons. The number of carbonyl (C=O) groups is 1. The minimum atomic E-state index is -0.123. The Morgan fingerprint density at radius 1 is 1.30 bits per heavy atom. The van der Waals surface area contributed by atoms with Crippen molar-refractivity contribution in [2.24, 2.45) is 5.92 Å². The van der Waals surface area contributed by atoms with Gasteiger partial charge in [0.25, 0.3) is 0 Å². The standard InChI is InChI=1S/C18H29N3O2/c1-14(20(2)3)18(23)19-12-15-4-6-17(7-5-15)21-10-8-16(13-22)9-11-21/h4-7,14,16,22H,8-13H2,1-3H3,(H,19,23)/t14-/m0/s1. The highest BCUT2D eigenvalue weighted by Gasteiger charge is 2.18. The molecule has 0 bridgehead atoms. The van der Waals surface area contributed by atoms with E-state index >= 15 is 0 Å². The second kappa shape index (κ2) is 8.31. The van der Waals surface area contributed by atoms with Gasteiger partial charge in [0.2, 0.25) is 5.91 Å². The number of hydrogen-bond donors (Lipinski definition) is 2. The van der Waals surface area contributed by atoms with E-state index < -0.39 is 0 Å². The number of nitrogens with one attached hydrogen (secondary N) is 1. The summed E-state index contributed by atoms with van der Waals surface area (Å²) in [5.41, 5.74) is 2.33. The van der Waals surface area contributed by atoms with Gasteiger partial charge in [-0.3, -0.25) is 9.69 Å². The largest absolute Gasteiger partial charge is 0.396 e. The van der Waals surface area contributed by atoms with Crippen LogP contribution in [0, 0.1) is 5.92 Å². The lowest BCUT2D eigenvalue weighted by Gasteiger charge is -2.33. The van der Waals surface area contributed by atoms with E-state index in [1.807, 2.05) is 25.9 Å². The van der Waals surface area contributed by atoms with Gasteiger partial charge in [-0.25, -0.2) is 0 Å². The van der Waals surface area contributed by atoms with Crippen molar-refractivity contribution in [3.63, 3.8) is 0 Å². The van der Waals surface area contributed by atoms with Crippen LogP contribution in [0.1, 0.15) is 25.3 Å². The molecular formula is C18H29N3O2. The van der Waals surface area contributed by atoms with Crippen molar-refractivity contribution in [1.29, 1.82) is 0 Å². The van der Waals surface area contributed by atoms with Crippen LogP contribution in [0.2, 0.25) is 0 Å². The SMILES string of the molecule is C[C@@H](C(=O)NCc1ccc(N2CCC(CO)CC2)cc1)N(C)C. The molecule has 1 saturated heterocycles. The number of carbonyl (C=O) groups excluding carboxylic acids is 1. The van der Waals surface area contributed by atoms with E-state index in [-0.39, 0.29) is 11.9 Å². The van der Waals surface area contributed by atoms with Gasteiger partial charge in [0.1, 0.15) is 0 Å². The van der Waals surface area contributed by atoms with Gasteiger partial charge >= 0.3 is 0 Å². The molecule has 1 atom stereocenters. The number of anilines is 1. The highest BCUT2D eigenvalue weighted by molar-refractivity contribution is 5.81. The molecule has 1 heterocycles. The third-order valence-electron chi connectivity index (χ3n) is 4.80. The summed E-state index contributed by atoms with van der Waals surface area (Å²) >= 11 is 0. The van der Waals surface area contributed by atoms with E-state index in [1.165, 1.54) is 5.69 Å². The van der Waals surface area contributed by atoms with Crippen LogP contribution in [-0.2, 0) is 11.3 Å². The number of nitrogens with zero attached hydrogens (tertiary/aromatic N) is 2. The molecule has 1 aromatic rings. The molecule has 2 N–H and O–H groups in total. The Hall–Kier alpha value is -1.59. The van der Waals surface area contributed by atoms with Gasteiger partial charge in [0.15, 0.2) is 0 Å². The monoisotopic (exact) mass is 319 g/mol. The Morgan fingerprint density at radius 3 is 2.43 bits per heavy atom. The topological polar surface area (TPSA) is 55.8 Å². The lowest BCUT2D eigenvalue weighted by molar-refractivity contribution is -0.125. The first-order valence-corrected chi connectivity index (χ1v) is 8.40. The minimum absolute atomic E-state index is 0.0464. The van der Waals surface area contributed by atoms with Crippen LogP contribution >= 0.6 is 0 Å². The van der Waals surface area contributed by atoms with Crippen molar-refractivity contribution in [2.45, 2.75) is 32.4 Å². The number of aliphatic hydroxyl groups is 1. The summed E-state index contributed by atoms with van der Waals surface area (Å²) in [6, 6.07) is 8.27. The van der Waals surface area contributed by atoms with Crippen LogP contribution in [0.15, 0.2) is 24.3 Å². The third kappa shape index (κ3) is 4.94. The summed E-state index contributed by atoms with van der Waals surface area (Å²) in [4.78, 5) is 16.2. The van der Waals surface area contributed by atoms with E-state index in [0.29, 0.717) is 19.1 Å². The molecule has 23 heavy (non-hydrogen) atoms. The molecule has 0 aromatic heterocycles. The molecule has 5 heteroatoms. The molecule has 128 valence electrons. The molecule has 0 aliphatic carbocycles. The van der Waals surface area contributed by atoms with E-state index in [0.717, 1.165) is 31.5 Å². The first-order chi connectivity index (χ1) is 11.0. The third-order valence-corrected chi connectivity index (χ3v) is 4.80. The Kier molecular flexibility index (Phi) is 6.42. The van der Waals surface area contributed by atoms with Crippen molar-refractivity contribution >= 4 is 11.6 Å². The normalized spacial score (nSPS) is 17.3. The van der Waals surface area contributed by atoms with Crippen LogP contribution in [0.5, 0.6) is 0 Å². The molecule has 1 aliphatic rings. The Morgan fingerprint density at radius 2 is 1.91 bits per heavy atom. The number of rotatable bonds is 6. The van der Waals surface area contributed by atoms with Crippen LogP contribution in [0.4, 0.5) is 5.69 Å². The Balaban J connectivity index is 1.84. The maximum absolute atomic E-state index is 11.9. The van der Waals surface area contributed by atoms with Gasteiger partial charge in [0, 0.05) is 31.9 Å². The zero-order chi connectivity index (χ0) is 16.8. The minimum Gasteiger partial charge on any atom is -0.396 e. The summed E-state index contributed by atoms with van der Waals surface area (Å²) in [6.07, 6.45) is 2.10. The van der Waals surface area contributed by atoms with Crippen molar-refractivity contribution in [2.75, 3.05) is 38.7 Å². The molecule has 2 rings (SSSR count). The predicted octanol–water partition coefficient (Wildman–Crippen LogP) is 1.46. The van der Waals surface area contributed by atoms with Crippen molar-refractivity contribution in [1.82, 2.24) is 10.2 Å². The van der Waals surface area contributed by atoms with Crippen molar-refractivity contribution < 1.29 is 9.90 Å². The molecule has 1 fully saturated rings. The average Bonchev–Trinajstić information content (AvgIpc) is 2.59. The number of aliphatic hydroxyl groups excluding tert-OH is 1. The molecule has 0 saturated carbocycles. The second-order valence-corrected chi connectivity index (χ2v) is 6.64. The Labute approximate surface area is 139 Å². The summed E-state index contributed by atoms with van der Waals surface area (Å²) in [5, 5.41) is 12.2. The Bertz CT molecular complexity index is 493. The van der Waals surface area contributed by atoms with E-state index in [4.69, 9.17) is 0 Å². The molecule has 1 amide bonds. The number of hydrogen-bond acceptors (Lipinski definition) is 4. The molecule has 1 aromatic carbocycles. The number of benzene rings is 1. The van der Waals surface area contributed by atoms with Crippen LogP contribution in [-0.4, -0.2) is 55.7 Å². The first-order valence-electron chi connectivity index (χ1n) is 8.40. The zero-order valence-electron chi connectivity index (χ0n) is 14.5. The fraction of sp³-hybridized carbons (Fsp3) is 0.611. The predicted molar refractivity (Wildman–Crippen MR) is 93.5 cm³/mol. The molecular weight excluding hydrogens is 290 g/mol. The summed E-state index contributed by atoms with van der Waals surface area (Å²) in [5.74, 6) is 0.504. The quantitative estimate of drug-likeness (QED) is 0.833. The summed E-state index contributed by atoms with van der Waals surface area (Å²) in [6.45, 7) is 4.76. The number of piperidine rings is 1. The number of likely N-dealkylation sites (N-methyl/N-ethyl adjacent to an activating group) is 1. The maximum atomic E-state index is 11.9. The van der Waals surface area contributed by atoms with Gasteiger partial charge in [-0.05, 0) is 57.5 Å². The number of amides is 1. The van der Waals surface area contributed by atoms with E-state index in [1.54, 1.807) is 0 Å². The van der Waals surface area contributed by atoms with Crippen LogP contribution < -0.4 is 10.2 Å². The van der Waals surface area contributed by atoms with Gasteiger partial charge in [-0.1, -0.05) is 12.1 Å². The maximum Gasteiger partial charge on any atom is 0.237 e. The average molecular weight is 319 g/mol. The van der Waals surface area contributed by atoms with Crippen molar-refractivity contribution in [3.05, 3.63) is 29.8 Å². The van der Waals surface area contributed by atoms with Gasteiger partial charge in [-0.2, -0.15) is 0 Å².